The molecule has 3 unspecified atom stereocenters. The van der Waals surface area contributed by atoms with Crippen molar-refractivity contribution in [3.8, 4) is 0 Å². The van der Waals surface area contributed by atoms with Gasteiger partial charge in [0.2, 0.25) is 0 Å². The first kappa shape index (κ1) is 15.7. The van der Waals surface area contributed by atoms with Gasteiger partial charge in [0.15, 0.2) is 0 Å². The van der Waals surface area contributed by atoms with Gasteiger partial charge in [-0.15, -0.1) is 0 Å². The van der Waals surface area contributed by atoms with Crippen LogP contribution in [0, 0.1) is 5.41 Å². The number of carbonyl (C=O) groups is 1. The Labute approximate surface area is 119 Å². The fourth-order valence-corrected chi connectivity index (χ4v) is 3.11. The molecule has 0 amide bonds. The fraction of sp³-hybridized carbons (Fsp3) is 0.929. The van der Waals surface area contributed by atoms with E-state index in [1.54, 1.807) is 7.11 Å². The van der Waals surface area contributed by atoms with Gasteiger partial charge in [-0.1, -0.05) is 0 Å². The summed E-state index contributed by atoms with van der Waals surface area (Å²) in [4.78, 5) is 11.6. The van der Waals surface area contributed by atoms with Gasteiger partial charge in [0.1, 0.15) is 0 Å². The van der Waals surface area contributed by atoms with Crippen LogP contribution in [0.15, 0.2) is 0 Å². The maximum atomic E-state index is 11.6. The number of carboxylic acid groups (broad SMARTS) is 1. The summed E-state index contributed by atoms with van der Waals surface area (Å²) < 4.78 is 21.3. The van der Waals surface area contributed by atoms with E-state index in [4.69, 9.17) is 18.9 Å². The molecule has 6 nitrogen and oxygen atoms in total. The number of methoxy groups -OCH3 is 1. The molecule has 6 heteroatoms. The summed E-state index contributed by atoms with van der Waals surface area (Å²) in [5.74, 6) is -0.746. The van der Waals surface area contributed by atoms with Gasteiger partial charge < -0.3 is 24.1 Å². The number of hydrogen-bond donors (Lipinski definition) is 1. The van der Waals surface area contributed by atoms with Crippen LogP contribution < -0.4 is 0 Å². The molecule has 2 heterocycles. The van der Waals surface area contributed by atoms with Crippen molar-refractivity contribution in [2.24, 2.45) is 5.41 Å². The third kappa shape index (κ3) is 3.49. The quantitative estimate of drug-likeness (QED) is 0.606. The zero-order chi connectivity index (χ0) is 14.4. The van der Waals surface area contributed by atoms with Crippen LogP contribution in [0.1, 0.15) is 25.7 Å². The van der Waals surface area contributed by atoms with Crippen molar-refractivity contribution >= 4 is 5.97 Å². The Hall–Kier alpha value is -0.690. The van der Waals surface area contributed by atoms with E-state index in [0.29, 0.717) is 45.9 Å². The number of ether oxygens (including phenoxy) is 4. The van der Waals surface area contributed by atoms with Crippen molar-refractivity contribution in [2.45, 2.75) is 37.9 Å². The van der Waals surface area contributed by atoms with Gasteiger partial charge in [0, 0.05) is 13.7 Å². The standard InChI is InChI=1S/C14H24O6/c1-17-6-7-19-9-8-18-5-4-14(13(15)16)10-11-2-3-12(14)20-11/h11-12H,2-10H2,1H3,(H,15,16). The molecule has 0 aromatic heterocycles. The van der Waals surface area contributed by atoms with Gasteiger partial charge in [-0.3, -0.25) is 4.79 Å². The SMILES string of the molecule is COCCOCCOCCC1(C(=O)O)CC2CCC1O2. The van der Waals surface area contributed by atoms with Crippen LogP contribution in [0.25, 0.3) is 0 Å². The van der Waals surface area contributed by atoms with Crippen LogP contribution in [0.2, 0.25) is 0 Å². The van der Waals surface area contributed by atoms with E-state index < -0.39 is 11.4 Å². The van der Waals surface area contributed by atoms with Gasteiger partial charge in [0.25, 0.3) is 0 Å². The van der Waals surface area contributed by atoms with Crippen LogP contribution in [0.3, 0.4) is 0 Å². The van der Waals surface area contributed by atoms with Crippen LogP contribution in [-0.4, -0.2) is 63.4 Å². The molecule has 3 atom stereocenters. The molecule has 2 aliphatic heterocycles. The molecule has 2 bridgehead atoms. The molecule has 2 aliphatic rings. The van der Waals surface area contributed by atoms with Crippen molar-refractivity contribution in [3.63, 3.8) is 0 Å². The topological polar surface area (TPSA) is 74.2 Å². The predicted octanol–water partition coefficient (Wildman–Crippen LogP) is 1.08. The smallest absolute Gasteiger partial charge is 0.312 e. The van der Waals surface area contributed by atoms with Crippen molar-refractivity contribution < 1.29 is 28.8 Å². The molecule has 1 N–H and O–H groups in total. The molecule has 0 spiro atoms. The molecule has 0 aromatic carbocycles. The highest BCUT2D eigenvalue weighted by Crippen LogP contribution is 2.50. The molecule has 2 saturated heterocycles. The third-order valence-corrected chi connectivity index (χ3v) is 4.24. The summed E-state index contributed by atoms with van der Waals surface area (Å²) in [5.41, 5.74) is -0.736. The summed E-state index contributed by atoms with van der Waals surface area (Å²) in [6.45, 7) is 2.55. The van der Waals surface area contributed by atoms with Crippen molar-refractivity contribution in [2.75, 3.05) is 40.1 Å². The highest BCUT2D eigenvalue weighted by atomic mass is 16.5. The van der Waals surface area contributed by atoms with Gasteiger partial charge >= 0.3 is 5.97 Å². The lowest BCUT2D eigenvalue weighted by atomic mass is 9.72. The maximum absolute atomic E-state index is 11.6. The number of aliphatic carboxylic acids is 1. The van der Waals surface area contributed by atoms with E-state index in [1.807, 2.05) is 0 Å². The lowest BCUT2D eigenvalue weighted by molar-refractivity contribution is -0.154. The molecule has 0 aromatic rings. The van der Waals surface area contributed by atoms with E-state index in [2.05, 4.69) is 0 Å². The summed E-state index contributed by atoms with van der Waals surface area (Å²) in [7, 11) is 1.63. The van der Waals surface area contributed by atoms with Crippen molar-refractivity contribution in [3.05, 3.63) is 0 Å². The number of rotatable bonds is 10. The zero-order valence-corrected chi connectivity index (χ0v) is 12.0. The maximum Gasteiger partial charge on any atom is 0.312 e. The van der Waals surface area contributed by atoms with Crippen molar-refractivity contribution in [1.82, 2.24) is 0 Å². The minimum absolute atomic E-state index is 0.133. The predicted molar refractivity (Wildman–Crippen MR) is 70.7 cm³/mol. The van der Waals surface area contributed by atoms with Crippen molar-refractivity contribution in [1.29, 1.82) is 0 Å². The number of fused-ring (bicyclic) bond motifs is 2. The average molecular weight is 288 g/mol. The van der Waals surface area contributed by atoms with Crippen LogP contribution >= 0.6 is 0 Å². The summed E-state index contributed by atoms with van der Waals surface area (Å²) >= 11 is 0. The number of hydrogen-bond acceptors (Lipinski definition) is 5. The molecule has 0 aliphatic carbocycles. The third-order valence-electron chi connectivity index (χ3n) is 4.24. The molecule has 116 valence electrons. The van der Waals surface area contributed by atoms with E-state index in [0.717, 1.165) is 12.8 Å². The first-order valence-electron chi connectivity index (χ1n) is 7.22. The first-order chi connectivity index (χ1) is 9.69. The second kappa shape index (κ2) is 7.36. The van der Waals surface area contributed by atoms with E-state index in [9.17, 15) is 9.90 Å². The Balaban J connectivity index is 1.63. The molecular formula is C14H24O6. The minimum Gasteiger partial charge on any atom is -0.481 e. The Morgan fingerprint density at radius 3 is 2.45 bits per heavy atom. The summed E-state index contributed by atoms with van der Waals surface area (Å²) in [6.07, 6.45) is 2.99. The second-order valence-corrected chi connectivity index (χ2v) is 5.46. The Morgan fingerprint density at radius 2 is 1.90 bits per heavy atom. The van der Waals surface area contributed by atoms with Crippen LogP contribution in [0.5, 0.6) is 0 Å². The fourth-order valence-electron chi connectivity index (χ4n) is 3.11. The lowest BCUT2D eigenvalue weighted by Gasteiger charge is -2.30. The molecule has 2 fully saturated rings. The normalized spacial score (nSPS) is 31.9. The second-order valence-electron chi connectivity index (χ2n) is 5.46. The molecule has 2 rings (SSSR count). The Kier molecular flexibility index (Phi) is 5.77. The monoisotopic (exact) mass is 288 g/mol. The zero-order valence-electron chi connectivity index (χ0n) is 12.0. The molecular weight excluding hydrogens is 264 g/mol. The molecule has 20 heavy (non-hydrogen) atoms. The molecule has 0 saturated carbocycles. The van der Waals surface area contributed by atoms with E-state index >= 15 is 0 Å². The first-order valence-corrected chi connectivity index (χ1v) is 7.22. The molecule has 0 radical (unpaired) electrons. The minimum atomic E-state index is -0.746. The van der Waals surface area contributed by atoms with Gasteiger partial charge in [0.05, 0.1) is 44.1 Å². The van der Waals surface area contributed by atoms with Gasteiger partial charge in [-0.05, 0) is 25.7 Å². The highest BCUT2D eigenvalue weighted by Gasteiger charge is 2.56. The Morgan fingerprint density at radius 1 is 1.20 bits per heavy atom. The Bertz CT molecular complexity index is 321. The van der Waals surface area contributed by atoms with E-state index in [-0.39, 0.29) is 12.2 Å². The lowest BCUT2D eigenvalue weighted by Crippen LogP contribution is -2.41. The van der Waals surface area contributed by atoms with Gasteiger partial charge in [-0.2, -0.15) is 0 Å². The van der Waals surface area contributed by atoms with Gasteiger partial charge in [-0.25, -0.2) is 0 Å². The summed E-state index contributed by atoms with van der Waals surface area (Å²) in [5, 5.41) is 9.51. The summed E-state index contributed by atoms with van der Waals surface area (Å²) in [6, 6.07) is 0. The number of carboxylic acids is 1. The average Bonchev–Trinajstić information content (AvgIpc) is 3.03. The van der Waals surface area contributed by atoms with Crippen LogP contribution in [-0.2, 0) is 23.7 Å². The van der Waals surface area contributed by atoms with E-state index in [1.165, 1.54) is 0 Å². The van der Waals surface area contributed by atoms with Crippen LogP contribution in [0.4, 0.5) is 0 Å². The highest BCUT2D eigenvalue weighted by molar-refractivity contribution is 5.76. The largest absolute Gasteiger partial charge is 0.481 e.